The molecular formula is C23H24N6O. The Labute approximate surface area is 175 Å². The average molecular weight is 400 g/mol. The second-order valence-electron chi connectivity index (χ2n) is 9.24. The maximum absolute atomic E-state index is 9.95. The van der Waals surface area contributed by atoms with E-state index in [4.69, 9.17) is 4.74 Å². The van der Waals surface area contributed by atoms with Crippen LogP contribution in [-0.4, -0.2) is 45.5 Å². The van der Waals surface area contributed by atoms with Gasteiger partial charge in [0.05, 0.1) is 35.9 Å². The zero-order valence-corrected chi connectivity index (χ0v) is 17.1. The number of hydrogen-bond acceptors (Lipinski definition) is 6. The topological polar surface area (TPSA) is 79.9 Å². The number of fused-ring (bicyclic) bond motifs is 1. The molecule has 0 radical (unpaired) electrons. The third kappa shape index (κ3) is 2.71. The summed E-state index contributed by atoms with van der Waals surface area (Å²) in [5, 5.41) is 15.6. The minimum absolute atomic E-state index is 0.185. The molecule has 152 valence electrons. The minimum atomic E-state index is -0.347. The molecule has 2 saturated carbocycles. The van der Waals surface area contributed by atoms with E-state index in [0.29, 0.717) is 12.0 Å². The lowest BCUT2D eigenvalue weighted by Gasteiger charge is -2.44. The van der Waals surface area contributed by atoms with Crippen molar-refractivity contribution in [3.05, 3.63) is 42.4 Å². The van der Waals surface area contributed by atoms with Crippen molar-refractivity contribution in [1.29, 1.82) is 5.26 Å². The molecule has 0 amide bonds. The van der Waals surface area contributed by atoms with Crippen LogP contribution in [0.15, 0.2) is 36.8 Å². The highest BCUT2D eigenvalue weighted by atomic mass is 16.5. The molecule has 0 unspecified atom stereocenters. The second-order valence-corrected chi connectivity index (χ2v) is 9.24. The van der Waals surface area contributed by atoms with E-state index in [9.17, 15) is 5.26 Å². The highest BCUT2D eigenvalue weighted by Gasteiger charge is 2.61. The Kier molecular flexibility index (Phi) is 3.72. The van der Waals surface area contributed by atoms with Gasteiger partial charge in [-0.2, -0.15) is 10.4 Å². The zero-order valence-electron chi connectivity index (χ0n) is 17.1. The molecule has 1 saturated heterocycles. The standard InChI is InChI=1S/C23H24N6O/c1-16-11-28(6-7-30-16)20-9-21(26-15-25-20)29-19-8-18(3-2-17(19)10-27-29)23(14-24)12-22(13-23)4-5-22/h2-3,8-10,15-16H,4-7,11-13H2,1H3/t16-/m0/s1. The van der Waals surface area contributed by atoms with Crippen LogP contribution in [0.5, 0.6) is 0 Å². The molecule has 30 heavy (non-hydrogen) atoms. The highest BCUT2D eigenvalue weighted by Crippen LogP contribution is 2.68. The van der Waals surface area contributed by atoms with Gasteiger partial charge in [0.25, 0.3) is 0 Å². The number of rotatable bonds is 3. The third-order valence-corrected chi connectivity index (χ3v) is 7.07. The van der Waals surface area contributed by atoms with Crippen LogP contribution in [0.4, 0.5) is 5.82 Å². The van der Waals surface area contributed by atoms with Crippen molar-refractivity contribution >= 4 is 16.7 Å². The Hall–Kier alpha value is -2.98. The molecular weight excluding hydrogens is 376 g/mol. The largest absolute Gasteiger partial charge is 0.375 e. The van der Waals surface area contributed by atoms with Crippen LogP contribution in [0.25, 0.3) is 16.7 Å². The molecule has 3 aliphatic rings. The van der Waals surface area contributed by atoms with E-state index in [0.717, 1.165) is 54.0 Å². The van der Waals surface area contributed by atoms with Crippen LogP contribution in [0.1, 0.15) is 38.2 Å². The summed E-state index contributed by atoms with van der Waals surface area (Å²) in [6, 6.07) is 10.9. The first-order chi connectivity index (χ1) is 14.6. The predicted molar refractivity (Wildman–Crippen MR) is 112 cm³/mol. The number of morpholine rings is 1. The number of hydrogen-bond donors (Lipinski definition) is 0. The molecule has 0 N–H and O–H groups in total. The van der Waals surface area contributed by atoms with Gasteiger partial charge in [-0.3, -0.25) is 0 Å². The first-order valence-electron chi connectivity index (χ1n) is 10.7. The van der Waals surface area contributed by atoms with E-state index in [1.165, 1.54) is 12.8 Å². The summed E-state index contributed by atoms with van der Waals surface area (Å²) in [7, 11) is 0. The lowest BCUT2D eigenvalue weighted by Crippen LogP contribution is -2.41. The van der Waals surface area contributed by atoms with Gasteiger partial charge in [-0.05, 0) is 49.7 Å². The molecule has 2 aromatic heterocycles. The van der Waals surface area contributed by atoms with Crippen LogP contribution < -0.4 is 4.90 Å². The summed E-state index contributed by atoms with van der Waals surface area (Å²) in [5.41, 5.74) is 2.20. The van der Waals surface area contributed by atoms with E-state index in [2.05, 4.69) is 51.2 Å². The van der Waals surface area contributed by atoms with E-state index < -0.39 is 0 Å². The molecule has 7 nitrogen and oxygen atoms in total. The fourth-order valence-electron chi connectivity index (χ4n) is 5.26. The first kappa shape index (κ1) is 17.8. The predicted octanol–water partition coefficient (Wildman–Crippen LogP) is 3.38. The Balaban J connectivity index is 1.37. The molecule has 7 heteroatoms. The molecule has 0 bridgehead atoms. The van der Waals surface area contributed by atoms with Gasteiger partial charge in [-0.1, -0.05) is 12.1 Å². The van der Waals surface area contributed by atoms with Crippen LogP contribution in [-0.2, 0) is 10.2 Å². The average Bonchev–Trinajstić information content (AvgIpc) is 3.43. The maximum atomic E-state index is 9.95. The van der Waals surface area contributed by atoms with Crippen LogP contribution in [0.3, 0.4) is 0 Å². The van der Waals surface area contributed by atoms with Gasteiger partial charge in [-0.15, -0.1) is 0 Å². The fourth-order valence-corrected chi connectivity index (χ4v) is 5.26. The molecule has 2 aliphatic carbocycles. The second kappa shape index (κ2) is 6.26. The fraction of sp³-hybridized carbons (Fsp3) is 0.478. The summed E-state index contributed by atoms with van der Waals surface area (Å²) < 4.78 is 7.52. The quantitative estimate of drug-likeness (QED) is 0.671. The normalized spacial score (nSPS) is 23.9. The van der Waals surface area contributed by atoms with Gasteiger partial charge in [-0.25, -0.2) is 14.6 Å². The monoisotopic (exact) mass is 400 g/mol. The third-order valence-electron chi connectivity index (χ3n) is 7.07. The number of nitriles is 1. The summed E-state index contributed by atoms with van der Waals surface area (Å²) in [6.45, 7) is 4.41. The van der Waals surface area contributed by atoms with Crippen molar-refractivity contribution < 1.29 is 4.74 Å². The lowest BCUT2D eigenvalue weighted by molar-refractivity contribution is 0.0529. The summed E-state index contributed by atoms with van der Waals surface area (Å²) in [6.07, 6.45) is 8.18. The van der Waals surface area contributed by atoms with Gasteiger partial charge < -0.3 is 9.64 Å². The van der Waals surface area contributed by atoms with Gasteiger partial charge in [0.1, 0.15) is 12.1 Å². The van der Waals surface area contributed by atoms with Crippen molar-refractivity contribution in [3.63, 3.8) is 0 Å². The van der Waals surface area contributed by atoms with Crippen molar-refractivity contribution in [3.8, 4) is 11.9 Å². The Morgan fingerprint density at radius 3 is 2.77 bits per heavy atom. The number of aromatic nitrogens is 4. The van der Waals surface area contributed by atoms with Crippen molar-refractivity contribution in [2.75, 3.05) is 24.6 Å². The molecule has 3 heterocycles. The molecule has 3 aromatic rings. The van der Waals surface area contributed by atoms with E-state index in [-0.39, 0.29) is 11.5 Å². The minimum Gasteiger partial charge on any atom is -0.375 e. The van der Waals surface area contributed by atoms with Gasteiger partial charge in [0, 0.05) is 24.5 Å². The Morgan fingerprint density at radius 1 is 1.17 bits per heavy atom. The van der Waals surface area contributed by atoms with Gasteiger partial charge in [0.15, 0.2) is 5.82 Å². The SMILES string of the molecule is C[C@H]1CN(c2cc(-n3ncc4ccc(C5(C#N)CC6(CC6)C5)cc43)ncn2)CCO1. The molecule has 1 spiro atoms. The highest BCUT2D eigenvalue weighted by molar-refractivity contribution is 5.81. The van der Waals surface area contributed by atoms with Gasteiger partial charge in [0.2, 0.25) is 0 Å². The number of ether oxygens (including phenoxy) is 1. The summed E-state index contributed by atoms with van der Waals surface area (Å²) in [4.78, 5) is 11.2. The molecule has 6 rings (SSSR count). The van der Waals surface area contributed by atoms with Crippen LogP contribution in [0.2, 0.25) is 0 Å². The number of anilines is 1. The van der Waals surface area contributed by atoms with Crippen molar-refractivity contribution in [2.24, 2.45) is 5.41 Å². The smallest absolute Gasteiger partial charge is 0.159 e. The van der Waals surface area contributed by atoms with Crippen LogP contribution >= 0.6 is 0 Å². The van der Waals surface area contributed by atoms with Crippen LogP contribution in [0, 0.1) is 16.7 Å². The molecule has 1 atom stereocenters. The summed E-state index contributed by atoms with van der Waals surface area (Å²) in [5.74, 6) is 1.63. The Bertz CT molecular complexity index is 1170. The first-order valence-corrected chi connectivity index (χ1v) is 10.7. The number of nitrogens with zero attached hydrogens (tertiary/aromatic N) is 6. The van der Waals surface area contributed by atoms with E-state index >= 15 is 0 Å². The van der Waals surface area contributed by atoms with Crippen molar-refractivity contribution in [1.82, 2.24) is 19.7 Å². The molecule has 1 aromatic carbocycles. The zero-order chi connectivity index (χ0) is 20.3. The van der Waals surface area contributed by atoms with Gasteiger partial charge >= 0.3 is 0 Å². The summed E-state index contributed by atoms with van der Waals surface area (Å²) >= 11 is 0. The van der Waals surface area contributed by atoms with E-state index in [1.807, 2.05) is 16.9 Å². The molecule has 3 fully saturated rings. The maximum Gasteiger partial charge on any atom is 0.159 e. The van der Waals surface area contributed by atoms with E-state index in [1.54, 1.807) is 6.33 Å². The Morgan fingerprint density at radius 2 is 2.00 bits per heavy atom. The van der Waals surface area contributed by atoms with Crippen molar-refractivity contribution in [2.45, 2.75) is 44.1 Å². The number of benzene rings is 1. The lowest BCUT2D eigenvalue weighted by atomic mass is 9.57. The molecule has 1 aliphatic heterocycles.